The lowest BCUT2D eigenvalue weighted by Gasteiger charge is -2.14. The fraction of sp³-hybridized carbons (Fsp3) is 0.190. The van der Waals surface area contributed by atoms with Crippen molar-refractivity contribution < 1.29 is 14.7 Å². The summed E-state index contributed by atoms with van der Waals surface area (Å²) in [7, 11) is 0. The fourth-order valence-corrected chi connectivity index (χ4v) is 4.62. The summed E-state index contributed by atoms with van der Waals surface area (Å²) in [4.78, 5) is 28.0. The number of rotatable bonds is 5. The maximum atomic E-state index is 11.8. The van der Waals surface area contributed by atoms with Crippen LogP contribution in [-0.2, 0) is 9.59 Å². The number of benzene rings is 2. The van der Waals surface area contributed by atoms with Crippen molar-refractivity contribution in [3.8, 4) is 5.69 Å². The van der Waals surface area contributed by atoms with Crippen LogP contribution in [0.3, 0.4) is 0 Å². The number of aliphatic carboxylic acids is 1. The molecular weight excluding hydrogens is 504 g/mol. The van der Waals surface area contributed by atoms with Crippen molar-refractivity contribution in [1.29, 1.82) is 0 Å². The summed E-state index contributed by atoms with van der Waals surface area (Å²) in [6.45, 7) is 1.46. The molecule has 0 amide bonds. The van der Waals surface area contributed by atoms with E-state index in [4.69, 9.17) is 16.6 Å². The fourth-order valence-electron chi connectivity index (χ4n) is 3.42. The first-order valence-electron chi connectivity index (χ1n) is 9.33. The number of nitrogens with zero attached hydrogens (tertiary/aromatic N) is 4. The predicted molar refractivity (Wildman–Crippen MR) is 122 cm³/mol. The molecule has 4 rings (SSSR count). The van der Waals surface area contributed by atoms with Crippen molar-refractivity contribution in [2.45, 2.75) is 31.0 Å². The molecular formula is C21H16BrClN4O3S. The third-order valence-corrected chi connectivity index (χ3v) is 6.25. The van der Waals surface area contributed by atoms with Gasteiger partial charge in [-0.1, -0.05) is 45.7 Å². The van der Waals surface area contributed by atoms with E-state index in [1.54, 1.807) is 10.6 Å². The monoisotopic (exact) mass is 518 g/mol. The third kappa shape index (κ3) is 4.44. The SMILES string of the molecule is CC(=O)Sc1nnc2n1-c1ccc(Br)cc1C(c1ccccc1Cl)=N[C@H]2CCC(=O)O. The average molecular weight is 520 g/mol. The molecule has 2 heterocycles. The maximum absolute atomic E-state index is 11.8. The van der Waals surface area contributed by atoms with Crippen molar-refractivity contribution in [1.82, 2.24) is 14.8 Å². The van der Waals surface area contributed by atoms with Crippen LogP contribution in [0.25, 0.3) is 5.69 Å². The Kier molecular flexibility index (Phi) is 6.27. The van der Waals surface area contributed by atoms with Crippen LogP contribution in [0.5, 0.6) is 0 Å². The Bertz CT molecular complexity index is 1230. The summed E-state index contributed by atoms with van der Waals surface area (Å²) in [5.74, 6) is -0.445. The molecule has 0 saturated heterocycles. The van der Waals surface area contributed by atoms with E-state index in [0.29, 0.717) is 21.7 Å². The lowest BCUT2D eigenvalue weighted by atomic mass is 10.00. The number of aliphatic imine (C=N–C) groups is 1. The van der Waals surface area contributed by atoms with Crippen molar-refractivity contribution >= 4 is 56.1 Å². The summed E-state index contributed by atoms with van der Waals surface area (Å²) in [5.41, 5.74) is 2.86. The molecule has 7 nitrogen and oxygen atoms in total. The molecule has 0 bridgehead atoms. The first-order chi connectivity index (χ1) is 14.8. The van der Waals surface area contributed by atoms with Crippen molar-refractivity contribution in [2.24, 2.45) is 4.99 Å². The molecule has 1 aliphatic rings. The quantitative estimate of drug-likeness (QED) is 0.472. The van der Waals surface area contributed by atoms with E-state index in [1.807, 2.05) is 36.4 Å². The number of hydrogen-bond donors (Lipinski definition) is 1. The average Bonchev–Trinajstić information content (AvgIpc) is 3.05. The van der Waals surface area contributed by atoms with Gasteiger partial charge < -0.3 is 5.11 Å². The molecule has 0 radical (unpaired) electrons. The van der Waals surface area contributed by atoms with Crippen LogP contribution >= 0.6 is 39.3 Å². The summed E-state index contributed by atoms with van der Waals surface area (Å²) < 4.78 is 2.62. The smallest absolute Gasteiger partial charge is 0.303 e. The van der Waals surface area contributed by atoms with Gasteiger partial charge in [-0.3, -0.25) is 19.1 Å². The number of thioether (sulfide) groups is 1. The topological polar surface area (TPSA) is 97.4 Å². The Hall–Kier alpha value is -2.49. The van der Waals surface area contributed by atoms with Crippen LogP contribution in [0, 0.1) is 0 Å². The Morgan fingerprint density at radius 2 is 1.97 bits per heavy atom. The minimum Gasteiger partial charge on any atom is -0.481 e. The number of halogens is 2. The van der Waals surface area contributed by atoms with Gasteiger partial charge in [0.1, 0.15) is 6.04 Å². The van der Waals surface area contributed by atoms with E-state index in [0.717, 1.165) is 33.0 Å². The largest absolute Gasteiger partial charge is 0.481 e. The van der Waals surface area contributed by atoms with E-state index in [-0.39, 0.29) is 18.0 Å². The molecule has 0 saturated carbocycles. The van der Waals surface area contributed by atoms with E-state index >= 15 is 0 Å². The number of carbonyl (C=O) groups excluding carboxylic acids is 1. The molecule has 0 unspecified atom stereocenters. The normalized spacial score (nSPS) is 14.9. The highest BCUT2D eigenvalue weighted by atomic mass is 79.9. The Morgan fingerprint density at radius 3 is 2.68 bits per heavy atom. The first-order valence-corrected chi connectivity index (χ1v) is 11.3. The molecule has 3 aromatic rings. The molecule has 1 aromatic heterocycles. The van der Waals surface area contributed by atoms with E-state index in [1.165, 1.54) is 6.92 Å². The molecule has 158 valence electrons. The first kappa shape index (κ1) is 21.7. The van der Waals surface area contributed by atoms with Crippen LogP contribution in [0.15, 0.2) is 57.1 Å². The minimum atomic E-state index is -0.927. The molecule has 31 heavy (non-hydrogen) atoms. The third-order valence-electron chi connectivity index (χ3n) is 4.69. The maximum Gasteiger partial charge on any atom is 0.303 e. The number of hydrogen-bond acceptors (Lipinski definition) is 6. The zero-order valence-corrected chi connectivity index (χ0v) is 19.4. The molecule has 2 aromatic carbocycles. The highest BCUT2D eigenvalue weighted by Gasteiger charge is 2.30. The van der Waals surface area contributed by atoms with Gasteiger partial charge in [-0.25, -0.2) is 0 Å². The second kappa shape index (κ2) is 8.94. The lowest BCUT2D eigenvalue weighted by molar-refractivity contribution is -0.137. The van der Waals surface area contributed by atoms with Crippen molar-refractivity contribution in [3.05, 3.63) is 68.9 Å². The van der Waals surface area contributed by atoms with Crippen LogP contribution in [0.2, 0.25) is 5.02 Å². The van der Waals surface area contributed by atoms with Crippen LogP contribution in [0.1, 0.15) is 42.8 Å². The van der Waals surface area contributed by atoms with Crippen molar-refractivity contribution in [3.63, 3.8) is 0 Å². The van der Waals surface area contributed by atoms with Crippen molar-refractivity contribution in [2.75, 3.05) is 0 Å². The summed E-state index contributed by atoms with van der Waals surface area (Å²) >= 11 is 11.0. The zero-order chi connectivity index (χ0) is 22.1. The Morgan fingerprint density at radius 1 is 1.19 bits per heavy atom. The number of fused-ring (bicyclic) bond motifs is 3. The second-order valence-electron chi connectivity index (χ2n) is 6.84. The van der Waals surface area contributed by atoms with Gasteiger partial charge >= 0.3 is 5.97 Å². The molecule has 1 aliphatic heterocycles. The molecule has 0 fully saturated rings. The van der Waals surface area contributed by atoms with Crippen LogP contribution in [0.4, 0.5) is 0 Å². The number of carbonyl (C=O) groups is 2. The Balaban J connectivity index is 2.00. The minimum absolute atomic E-state index is 0.0912. The molecule has 0 aliphatic carbocycles. The van der Waals surface area contributed by atoms with E-state index in [9.17, 15) is 14.7 Å². The van der Waals surface area contributed by atoms with Gasteiger partial charge in [0.05, 0.1) is 11.4 Å². The van der Waals surface area contributed by atoms with Gasteiger partial charge in [-0.15, -0.1) is 10.2 Å². The standard InChI is InChI=1S/C21H16BrClN4O3S/c1-11(28)31-21-26-25-20-16(7-9-18(29)30)24-19(13-4-2-3-5-15(13)23)14-10-12(22)6-8-17(14)27(20)21/h2-6,8,10,16H,7,9H2,1H3,(H,29,30)/t16-/m0/s1. The summed E-state index contributed by atoms with van der Waals surface area (Å²) in [6.07, 6.45) is 0.132. The molecule has 0 spiro atoms. The lowest BCUT2D eigenvalue weighted by Crippen LogP contribution is -2.09. The van der Waals surface area contributed by atoms with Gasteiger partial charge in [-0.05, 0) is 42.4 Å². The van der Waals surface area contributed by atoms with E-state index in [2.05, 4.69) is 26.1 Å². The van der Waals surface area contributed by atoms with Gasteiger partial charge in [0.25, 0.3) is 0 Å². The summed E-state index contributed by atoms with van der Waals surface area (Å²) in [5, 5.41) is 18.5. The highest BCUT2D eigenvalue weighted by Crippen LogP contribution is 2.37. The Labute approximate surface area is 195 Å². The number of carboxylic acid groups (broad SMARTS) is 1. The second-order valence-corrected chi connectivity index (χ2v) is 9.30. The predicted octanol–water partition coefficient (Wildman–Crippen LogP) is 5.08. The van der Waals surface area contributed by atoms with Gasteiger partial charge in [0.2, 0.25) is 5.16 Å². The zero-order valence-electron chi connectivity index (χ0n) is 16.2. The summed E-state index contributed by atoms with van der Waals surface area (Å²) in [6, 6.07) is 12.5. The number of aromatic nitrogens is 3. The van der Waals surface area contributed by atoms with Gasteiger partial charge in [0, 0.05) is 34.0 Å². The van der Waals surface area contributed by atoms with E-state index < -0.39 is 12.0 Å². The molecule has 1 N–H and O–H groups in total. The molecule has 10 heteroatoms. The highest BCUT2D eigenvalue weighted by molar-refractivity contribution is 9.10. The van der Waals surface area contributed by atoms with Crippen LogP contribution in [-0.4, -0.2) is 36.7 Å². The van der Waals surface area contributed by atoms with Gasteiger partial charge in [-0.2, -0.15) is 0 Å². The van der Waals surface area contributed by atoms with Crippen LogP contribution < -0.4 is 0 Å². The number of carboxylic acids is 1. The van der Waals surface area contributed by atoms with Gasteiger partial charge in [0.15, 0.2) is 10.9 Å². The molecule has 1 atom stereocenters.